The summed E-state index contributed by atoms with van der Waals surface area (Å²) in [5, 5.41) is 23.2. The van der Waals surface area contributed by atoms with Crippen LogP contribution in [-0.4, -0.2) is 10.2 Å². The van der Waals surface area contributed by atoms with Gasteiger partial charge in [-0.15, -0.1) is 0 Å². The number of hydrogen-bond donors (Lipinski definition) is 2. The van der Waals surface area contributed by atoms with E-state index in [0.29, 0.717) is 35.2 Å². The van der Waals surface area contributed by atoms with E-state index in [1.165, 1.54) is 131 Å². The molecule has 2 heteroatoms. The van der Waals surface area contributed by atoms with Crippen LogP contribution in [0.25, 0.3) is 0 Å². The van der Waals surface area contributed by atoms with E-state index in [9.17, 15) is 10.2 Å². The largest absolute Gasteiger partial charge is 0.507 e. The third-order valence-corrected chi connectivity index (χ3v) is 10.6. The van der Waals surface area contributed by atoms with Crippen molar-refractivity contribution in [2.45, 2.75) is 139 Å². The van der Waals surface area contributed by atoms with Crippen LogP contribution in [0.2, 0.25) is 0 Å². The molecule has 1 atom stereocenters. The third kappa shape index (κ3) is 4.59. The van der Waals surface area contributed by atoms with Gasteiger partial charge in [-0.05, 0) is 103 Å². The Kier molecular flexibility index (Phi) is 7.06. The number of phenols is 2. The lowest BCUT2D eigenvalue weighted by atomic mass is 9.80. The van der Waals surface area contributed by atoms with E-state index in [2.05, 4.69) is 31.2 Å². The van der Waals surface area contributed by atoms with Crippen LogP contribution < -0.4 is 0 Å². The molecular formula is C34H46O2. The summed E-state index contributed by atoms with van der Waals surface area (Å²) in [6.07, 6.45) is 20.2. The van der Waals surface area contributed by atoms with Gasteiger partial charge in [-0.2, -0.15) is 0 Å². The van der Waals surface area contributed by atoms with Crippen LogP contribution in [0.4, 0.5) is 0 Å². The minimum atomic E-state index is 0.132. The zero-order chi connectivity index (χ0) is 24.6. The fourth-order valence-electron chi connectivity index (χ4n) is 8.31. The summed E-state index contributed by atoms with van der Waals surface area (Å²) in [6.45, 7) is 2.30. The van der Waals surface area contributed by atoms with E-state index in [0.717, 1.165) is 5.56 Å². The molecule has 1 unspecified atom stereocenters. The smallest absolute Gasteiger partial charge is 0.122 e. The molecule has 4 saturated carbocycles. The van der Waals surface area contributed by atoms with Gasteiger partial charge in [-0.1, -0.05) is 82.6 Å². The van der Waals surface area contributed by atoms with E-state index < -0.39 is 0 Å². The van der Waals surface area contributed by atoms with Crippen molar-refractivity contribution in [3.05, 3.63) is 57.6 Å². The minimum absolute atomic E-state index is 0.132. The molecule has 2 aromatic rings. The summed E-state index contributed by atoms with van der Waals surface area (Å²) in [7, 11) is 0. The standard InChI is InChI=1S/C34H46O2/c1-22(27-18-30(24-12-4-5-13-24)34(36)31(19-27)25-14-6-7-15-25)29-20-28(23-10-2-3-11-23)21-32(33(29)35)26-16-8-9-17-26/h18-26,35-36H,2-17H2,1H3. The summed E-state index contributed by atoms with van der Waals surface area (Å²) < 4.78 is 0. The Morgan fingerprint density at radius 1 is 0.528 bits per heavy atom. The maximum atomic E-state index is 11.7. The van der Waals surface area contributed by atoms with Gasteiger partial charge in [0.15, 0.2) is 0 Å². The Bertz CT molecular complexity index is 1020. The Labute approximate surface area is 218 Å². The zero-order valence-corrected chi connectivity index (χ0v) is 22.4. The van der Waals surface area contributed by atoms with E-state index in [1.54, 1.807) is 0 Å². The number of rotatable bonds is 6. The van der Waals surface area contributed by atoms with Crippen molar-refractivity contribution in [3.63, 3.8) is 0 Å². The second kappa shape index (κ2) is 10.4. The zero-order valence-electron chi connectivity index (χ0n) is 22.4. The molecule has 0 amide bonds. The van der Waals surface area contributed by atoms with Crippen molar-refractivity contribution in [3.8, 4) is 11.5 Å². The molecule has 2 nitrogen and oxygen atoms in total. The number of aromatic hydroxyl groups is 2. The second-order valence-electron chi connectivity index (χ2n) is 12.7. The van der Waals surface area contributed by atoms with Gasteiger partial charge in [-0.3, -0.25) is 0 Å². The van der Waals surface area contributed by atoms with Gasteiger partial charge < -0.3 is 10.2 Å². The normalized spacial score (nSPS) is 23.2. The molecule has 4 aliphatic carbocycles. The molecule has 0 heterocycles. The Morgan fingerprint density at radius 3 is 1.36 bits per heavy atom. The molecule has 36 heavy (non-hydrogen) atoms. The number of phenolic OH excluding ortho intramolecular Hbond substituents is 2. The summed E-state index contributed by atoms with van der Waals surface area (Å²) in [6, 6.07) is 9.41. The second-order valence-corrected chi connectivity index (χ2v) is 12.7. The quantitative estimate of drug-likeness (QED) is 0.426. The highest BCUT2D eigenvalue weighted by molar-refractivity contribution is 5.54. The Morgan fingerprint density at radius 2 is 0.917 bits per heavy atom. The molecule has 0 bridgehead atoms. The maximum Gasteiger partial charge on any atom is 0.122 e. The van der Waals surface area contributed by atoms with Gasteiger partial charge >= 0.3 is 0 Å². The summed E-state index contributed by atoms with van der Waals surface area (Å²) in [5.74, 6) is 3.44. The van der Waals surface area contributed by atoms with Crippen LogP contribution in [0.1, 0.15) is 173 Å². The first-order valence-corrected chi connectivity index (χ1v) is 15.3. The van der Waals surface area contributed by atoms with Crippen LogP contribution >= 0.6 is 0 Å². The lowest BCUT2D eigenvalue weighted by Gasteiger charge is -2.26. The van der Waals surface area contributed by atoms with Crippen LogP contribution in [-0.2, 0) is 0 Å². The van der Waals surface area contributed by atoms with Crippen molar-refractivity contribution >= 4 is 0 Å². The van der Waals surface area contributed by atoms with Crippen LogP contribution in [0.3, 0.4) is 0 Å². The van der Waals surface area contributed by atoms with Gasteiger partial charge in [0.1, 0.15) is 11.5 Å². The van der Waals surface area contributed by atoms with Crippen molar-refractivity contribution in [1.82, 2.24) is 0 Å². The SMILES string of the molecule is CC(c1cc(C2CCCC2)c(O)c(C2CCCC2)c1)c1cc(C2CCCC2)cc(C2CCCC2)c1O. The van der Waals surface area contributed by atoms with E-state index >= 15 is 0 Å². The molecule has 0 saturated heterocycles. The highest BCUT2D eigenvalue weighted by Gasteiger charge is 2.30. The monoisotopic (exact) mass is 486 g/mol. The highest BCUT2D eigenvalue weighted by atomic mass is 16.3. The fraction of sp³-hybridized carbons (Fsp3) is 0.647. The first kappa shape index (κ1) is 24.4. The molecular weight excluding hydrogens is 440 g/mol. The van der Waals surface area contributed by atoms with Crippen LogP contribution in [0.15, 0.2) is 24.3 Å². The molecule has 0 aromatic heterocycles. The highest BCUT2D eigenvalue weighted by Crippen LogP contribution is 2.49. The van der Waals surface area contributed by atoms with Crippen molar-refractivity contribution in [2.24, 2.45) is 0 Å². The van der Waals surface area contributed by atoms with E-state index in [4.69, 9.17) is 0 Å². The van der Waals surface area contributed by atoms with Crippen LogP contribution in [0.5, 0.6) is 11.5 Å². The first-order valence-electron chi connectivity index (χ1n) is 15.3. The topological polar surface area (TPSA) is 40.5 Å². The average Bonchev–Trinajstić information content (AvgIpc) is 3.72. The van der Waals surface area contributed by atoms with Gasteiger partial charge in [0, 0.05) is 11.5 Å². The lowest BCUT2D eigenvalue weighted by Crippen LogP contribution is -2.07. The number of hydrogen-bond acceptors (Lipinski definition) is 2. The van der Waals surface area contributed by atoms with Gasteiger partial charge in [-0.25, -0.2) is 0 Å². The Balaban J connectivity index is 1.44. The summed E-state index contributed by atoms with van der Waals surface area (Å²) >= 11 is 0. The molecule has 2 N–H and O–H groups in total. The molecule has 194 valence electrons. The van der Waals surface area contributed by atoms with E-state index in [-0.39, 0.29) is 5.92 Å². The lowest BCUT2D eigenvalue weighted by molar-refractivity contribution is 0.446. The van der Waals surface area contributed by atoms with E-state index in [1.807, 2.05) is 0 Å². The molecule has 0 spiro atoms. The summed E-state index contributed by atoms with van der Waals surface area (Å²) in [5.41, 5.74) is 7.52. The van der Waals surface area contributed by atoms with Gasteiger partial charge in [0.2, 0.25) is 0 Å². The summed E-state index contributed by atoms with van der Waals surface area (Å²) in [4.78, 5) is 0. The van der Waals surface area contributed by atoms with Crippen LogP contribution in [0, 0.1) is 0 Å². The molecule has 4 fully saturated rings. The predicted molar refractivity (Wildman–Crippen MR) is 149 cm³/mol. The van der Waals surface area contributed by atoms with Gasteiger partial charge in [0.25, 0.3) is 0 Å². The molecule has 0 radical (unpaired) electrons. The molecule has 4 aliphatic rings. The van der Waals surface area contributed by atoms with Crippen molar-refractivity contribution in [1.29, 1.82) is 0 Å². The molecule has 6 rings (SSSR count). The van der Waals surface area contributed by atoms with Crippen molar-refractivity contribution < 1.29 is 10.2 Å². The van der Waals surface area contributed by atoms with Crippen molar-refractivity contribution in [2.75, 3.05) is 0 Å². The first-order chi connectivity index (χ1) is 17.6. The predicted octanol–water partition coefficient (Wildman–Crippen LogP) is 9.88. The van der Waals surface area contributed by atoms with Gasteiger partial charge in [0.05, 0.1) is 0 Å². The molecule has 2 aromatic carbocycles. The third-order valence-electron chi connectivity index (χ3n) is 10.6. The number of benzene rings is 2. The Hall–Kier alpha value is -1.96. The minimum Gasteiger partial charge on any atom is -0.507 e. The molecule has 0 aliphatic heterocycles. The maximum absolute atomic E-state index is 11.7. The average molecular weight is 487 g/mol. The fourth-order valence-corrected chi connectivity index (χ4v) is 8.31.